The molecule has 0 aromatic heterocycles. The lowest BCUT2D eigenvalue weighted by atomic mass is 9.61. The molecule has 0 aliphatic heterocycles. The Hall–Kier alpha value is -1.30. The van der Waals surface area contributed by atoms with Gasteiger partial charge in [0.25, 0.3) is 0 Å². The zero-order valence-corrected chi connectivity index (χ0v) is 22.7. The van der Waals surface area contributed by atoms with Crippen LogP contribution in [-0.2, 0) is 25.9 Å². The van der Waals surface area contributed by atoms with Crippen molar-refractivity contribution in [2.24, 2.45) is 11.3 Å². The molecular formula is C26H34F6O4S2. The fourth-order valence-electron chi connectivity index (χ4n) is 7.06. The summed E-state index contributed by atoms with van der Waals surface area (Å²) in [5, 5.41) is -3.69. The molecule has 0 heterocycles. The lowest BCUT2D eigenvalue weighted by Gasteiger charge is -2.48. The molecule has 216 valence electrons. The predicted octanol–water partition coefficient (Wildman–Crippen LogP) is 7.28. The molecule has 4 rings (SSSR count). The molecule has 3 aliphatic rings. The van der Waals surface area contributed by atoms with Crippen LogP contribution in [0.5, 0.6) is 0 Å². The standard InChI is InChI=1S/C26H34F6O4S2/c27-25(28,29)19-10-12-20(13-11-19)37(33,34)22-8-4-5-9-23(22)38(35,36)21-14-16-24(17-15-21,26(30,31)32)18-6-2-1-3-7-18/h10-13,18,21-23H,1-9,14-17H2. The Morgan fingerprint density at radius 2 is 1.16 bits per heavy atom. The van der Waals surface area contributed by atoms with Crippen molar-refractivity contribution in [3.63, 3.8) is 0 Å². The van der Waals surface area contributed by atoms with Crippen LogP contribution < -0.4 is 0 Å². The Morgan fingerprint density at radius 1 is 0.658 bits per heavy atom. The van der Waals surface area contributed by atoms with Crippen LogP contribution in [0.15, 0.2) is 29.2 Å². The number of hydrogen-bond acceptors (Lipinski definition) is 4. The van der Waals surface area contributed by atoms with Crippen LogP contribution in [0.3, 0.4) is 0 Å². The van der Waals surface area contributed by atoms with E-state index in [-0.39, 0.29) is 43.4 Å². The van der Waals surface area contributed by atoms with E-state index in [9.17, 15) is 43.2 Å². The number of sulfone groups is 2. The van der Waals surface area contributed by atoms with E-state index in [0.717, 1.165) is 31.4 Å². The van der Waals surface area contributed by atoms with Gasteiger partial charge in [0.05, 0.1) is 31.6 Å². The van der Waals surface area contributed by atoms with Gasteiger partial charge in [-0.15, -0.1) is 0 Å². The molecule has 0 amide bonds. The van der Waals surface area contributed by atoms with Crippen LogP contribution in [0, 0.1) is 11.3 Å². The molecule has 3 aliphatic carbocycles. The van der Waals surface area contributed by atoms with E-state index in [2.05, 4.69) is 0 Å². The summed E-state index contributed by atoms with van der Waals surface area (Å²) < 4.78 is 136. The summed E-state index contributed by atoms with van der Waals surface area (Å²) in [5.41, 5.74) is -2.92. The van der Waals surface area contributed by atoms with Crippen molar-refractivity contribution in [1.29, 1.82) is 0 Å². The van der Waals surface area contributed by atoms with Gasteiger partial charge in [0.15, 0.2) is 19.7 Å². The second-order valence-electron chi connectivity index (χ2n) is 11.2. The van der Waals surface area contributed by atoms with Gasteiger partial charge >= 0.3 is 12.4 Å². The first-order valence-corrected chi connectivity index (χ1v) is 16.5. The molecule has 0 radical (unpaired) electrons. The van der Waals surface area contributed by atoms with Crippen molar-refractivity contribution in [2.45, 2.75) is 116 Å². The molecule has 0 saturated heterocycles. The average molecular weight is 589 g/mol. The maximum atomic E-state index is 14.4. The first-order valence-electron chi connectivity index (χ1n) is 13.3. The molecule has 1 aromatic rings. The van der Waals surface area contributed by atoms with Crippen molar-refractivity contribution >= 4 is 19.7 Å². The first-order chi connectivity index (χ1) is 17.6. The van der Waals surface area contributed by atoms with E-state index in [1.807, 2.05) is 0 Å². The second-order valence-corrected chi connectivity index (χ2v) is 15.8. The van der Waals surface area contributed by atoms with Gasteiger partial charge in [-0.05, 0) is 81.5 Å². The van der Waals surface area contributed by atoms with E-state index < -0.39 is 64.7 Å². The topological polar surface area (TPSA) is 68.3 Å². The number of halogens is 6. The van der Waals surface area contributed by atoms with Crippen LogP contribution in [0.1, 0.15) is 89.0 Å². The maximum absolute atomic E-state index is 14.4. The van der Waals surface area contributed by atoms with Crippen LogP contribution in [0.4, 0.5) is 26.3 Å². The maximum Gasteiger partial charge on any atom is 0.416 e. The zero-order valence-electron chi connectivity index (χ0n) is 21.0. The molecule has 0 N–H and O–H groups in total. The molecule has 0 spiro atoms. The summed E-state index contributed by atoms with van der Waals surface area (Å²) in [4.78, 5) is -0.380. The lowest BCUT2D eigenvalue weighted by Crippen LogP contribution is -2.51. The highest BCUT2D eigenvalue weighted by Gasteiger charge is 2.61. The van der Waals surface area contributed by atoms with E-state index in [0.29, 0.717) is 37.8 Å². The number of rotatable bonds is 5. The van der Waals surface area contributed by atoms with Gasteiger partial charge in [0.2, 0.25) is 0 Å². The number of hydrogen-bond donors (Lipinski definition) is 0. The van der Waals surface area contributed by atoms with Gasteiger partial charge < -0.3 is 0 Å². The second kappa shape index (κ2) is 10.6. The van der Waals surface area contributed by atoms with Crippen molar-refractivity contribution in [3.05, 3.63) is 29.8 Å². The summed E-state index contributed by atoms with van der Waals surface area (Å²) in [6.07, 6.45) is -5.66. The minimum Gasteiger partial charge on any atom is -0.228 e. The van der Waals surface area contributed by atoms with Crippen molar-refractivity contribution in [2.75, 3.05) is 0 Å². The van der Waals surface area contributed by atoms with E-state index in [1.54, 1.807) is 0 Å². The SMILES string of the molecule is O=S(=O)(c1ccc(C(F)(F)F)cc1)C1CCCCC1S(=O)(=O)C1CCC(C2CCCCC2)(C(F)(F)F)CC1. The van der Waals surface area contributed by atoms with Gasteiger partial charge in [-0.3, -0.25) is 0 Å². The molecule has 3 fully saturated rings. The smallest absolute Gasteiger partial charge is 0.228 e. The van der Waals surface area contributed by atoms with E-state index in [1.165, 1.54) is 0 Å². The average Bonchev–Trinajstić information content (AvgIpc) is 2.88. The molecule has 12 heteroatoms. The first kappa shape index (κ1) is 29.7. The number of benzene rings is 1. The molecule has 38 heavy (non-hydrogen) atoms. The normalized spacial score (nSPS) is 30.7. The third kappa shape index (κ3) is 5.49. The molecule has 0 bridgehead atoms. The van der Waals surface area contributed by atoms with Crippen LogP contribution >= 0.6 is 0 Å². The molecule has 2 unspecified atom stereocenters. The Labute approximate surface area is 220 Å². The fourth-order valence-corrected chi connectivity index (χ4v) is 12.3. The highest BCUT2D eigenvalue weighted by atomic mass is 32.2. The largest absolute Gasteiger partial charge is 0.416 e. The highest BCUT2D eigenvalue weighted by Crippen LogP contribution is 2.58. The van der Waals surface area contributed by atoms with Gasteiger partial charge in [-0.1, -0.05) is 32.1 Å². The van der Waals surface area contributed by atoms with E-state index in [4.69, 9.17) is 0 Å². The third-order valence-corrected chi connectivity index (χ3v) is 14.5. The third-order valence-electron chi connectivity index (χ3n) is 9.21. The molecule has 4 nitrogen and oxygen atoms in total. The van der Waals surface area contributed by atoms with E-state index >= 15 is 0 Å². The van der Waals surface area contributed by atoms with Crippen molar-refractivity contribution in [3.8, 4) is 0 Å². The van der Waals surface area contributed by atoms with Gasteiger partial charge in [0.1, 0.15) is 0 Å². The Bertz CT molecular complexity index is 1180. The fraction of sp³-hybridized carbons (Fsp3) is 0.769. The van der Waals surface area contributed by atoms with Crippen LogP contribution in [0.2, 0.25) is 0 Å². The van der Waals surface area contributed by atoms with Crippen LogP contribution in [0.25, 0.3) is 0 Å². The van der Waals surface area contributed by atoms with Crippen LogP contribution in [-0.4, -0.2) is 38.8 Å². The van der Waals surface area contributed by atoms with Gasteiger partial charge in [-0.25, -0.2) is 16.8 Å². The molecule has 1 aromatic carbocycles. The van der Waals surface area contributed by atoms with Gasteiger partial charge in [0, 0.05) is 0 Å². The Balaban J connectivity index is 1.57. The molecule has 3 saturated carbocycles. The predicted molar refractivity (Wildman–Crippen MR) is 131 cm³/mol. The molecular weight excluding hydrogens is 554 g/mol. The summed E-state index contributed by atoms with van der Waals surface area (Å²) in [6.45, 7) is 0. The minimum atomic E-state index is -4.65. The Kier molecular flexibility index (Phi) is 8.27. The summed E-state index contributed by atoms with van der Waals surface area (Å²) in [7, 11) is -8.39. The Morgan fingerprint density at radius 3 is 1.66 bits per heavy atom. The zero-order chi connectivity index (χ0) is 28.0. The summed E-state index contributed by atoms with van der Waals surface area (Å²) in [6, 6.07) is 3.00. The molecule has 2 atom stereocenters. The lowest BCUT2D eigenvalue weighted by molar-refractivity contribution is -0.257. The van der Waals surface area contributed by atoms with Crippen molar-refractivity contribution < 1.29 is 43.2 Å². The minimum absolute atomic E-state index is 0.0362. The highest BCUT2D eigenvalue weighted by molar-refractivity contribution is 7.96. The summed E-state index contributed by atoms with van der Waals surface area (Å²) >= 11 is 0. The quantitative estimate of drug-likeness (QED) is 0.339. The summed E-state index contributed by atoms with van der Waals surface area (Å²) in [5.74, 6) is -0.526. The van der Waals surface area contributed by atoms with Gasteiger partial charge in [-0.2, -0.15) is 26.3 Å². The number of alkyl halides is 6. The monoisotopic (exact) mass is 588 g/mol. The van der Waals surface area contributed by atoms with Crippen molar-refractivity contribution in [1.82, 2.24) is 0 Å².